The predicted molar refractivity (Wildman–Crippen MR) is 116 cm³/mol. The Morgan fingerprint density at radius 2 is 1.72 bits per heavy atom. The van der Waals surface area contributed by atoms with Crippen LogP contribution in [0.1, 0.15) is 58.4 Å². The summed E-state index contributed by atoms with van der Waals surface area (Å²) in [7, 11) is 3.55. The Balaban J connectivity index is 1.51. The molecule has 2 N–H and O–H groups in total. The van der Waals surface area contributed by atoms with E-state index < -0.39 is 0 Å². The lowest BCUT2D eigenvalue weighted by molar-refractivity contribution is -0.122. The number of aryl methyl sites for hydroxylation is 2. The van der Waals surface area contributed by atoms with Crippen molar-refractivity contribution >= 4 is 11.8 Å². The van der Waals surface area contributed by atoms with E-state index in [1.54, 1.807) is 19.2 Å². The van der Waals surface area contributed by atoms with Gasteiger partial charge in [-0.3, -0.25) is 14.5 Å². The first kappa shape index (κ1) is 21.1. The first-order valence-corrected chi connectivity index (χ1v) is 10.4. The summed E-state index contributed by atoms with van der Waals surface area (Å²) in [6, 6.07) is 14.1. The number of likely N-dealkylation sites (N-methyl/N-ethyl adjacent to an activating group) is 1. The van der Waals surface area contributed by atoms with Gasteiger partial charge in [0.2, 0.25) is 5.91 Å². The number of benzene rings is 2. The molecule has 0 saturated heterocycles. The predicted octanol–water partition coefficient (Wildman–Crippen LogP) is 3.23. The molecule has 1 unspecified atom stereocenters. The molecular weight excluding hydrogens is 362 g/mol. The fourth-order valence-corrected chi connectivity index (χ4v) is 3.91. The average Bonchev–Trinajstić information content (AvgIpc) is 2.73. The maximum atomic E-state index is 12.5. The zero-order chi connectivity index (χ0) is 20.8. The Hall–Kier alpha value is -2.66. The molecule has 29 heavy (non-hydrogen) atoms. The van der Waals surface area contributed by atoms with Crippen molar-refractivity contribution < 1.29 is 9.59 Å². The molecule has 0 radical (unpaired) electrons. The molecule has 2 aromatic carbocycles. The van der Waals surface area contributed by atoms with Crippen LogP contribution in [0.4, 0.5) is 0 Å². The van der Waals surface area contributed by atoms with Crippen LogP contribution >= 0.6 is 0 Å². The Labute approximate surface area is 173 Å². The smallest absolute Gasteiger partial charge is 0.251 e. The van der Waals surface area contributed by atoms with Crippen molar-refractivity contribution in [3.05, 3.63) is 70.3 Å². The topological polar surface area (TPSA) is 61.4 Å². The summed E-state index contributed by atoms with van der Waals surface area (Å²) >= 11 is 0. The first-order valence-electron chi connectivity index (χ1n) is 10.4. The normalized spacial score (nSPS) is 14.2. The third-order valence-corrected chi connectivity index (χ3v) is 5.56. The van der Waals surface area contributed by atoms with Crippen molar-refractivity contribution in [1.82, 2.24) is 15.5 Å². The van der Waals surface area contributed by atoms with Crippen LogP contribution in [0.5, 0.6) is 0 Å². The van der Waals surface area contributed by atoms with Crippen LogP contribution in [-0.2, 0) is 24.2 Å². The average molecular weight is 394 g/mol. The lowest BCUT2D eigenvalue weighted by Crippen LogP contribution is -2.36. The standard InChI is InChI=1S/C24H31N3O2/c1-17(21-13-12-19-6-4-5-7-22(19)14-21)26-23(28)16-27(3)15-18-8-10-20(11-9-18)24(29)25-2/h8-14,17H,4-7,15-16H2,1-3H3,(H,25,29)(H,26,28). The lowest BCUT2D eigenvalue weighted by Gasteiger charge is -2.21. The number of rotatable bonds is 7. The van der Waals surface area contributed by atoms with Crippen LogP contribution in [-0.4, -0.2) is 37.4 Å². The Morgan fingerprint density at radius 3 is 2.41 bits per heavy atom. The van der Waals surface area contributed by atoms with Gasteiger partial charge in [0, 0.05) is 19.2 Å². The fraction of sp³-hybridized carbons (Fsp3) is 0.417. The van der Waals surface area contributed by atoms with Gasteiger partial charge in [0.25, 0.3) is 5.91 Å². The number of nitrogens with zero attached hydrogens (tertiary/aromatic N) is 1. The molecule has 154 valence electrons. The van der Waals surface area contributed by atoms with E-state index in [0.717, 1.165) is 12.0 Å². The largest absolute Gasteiger partial charge is 0.355 e. The third-order valence-electron chi connectivity index (χ3n) is 5.56. The van der Waals surface area contributed by atoms with Crippen LogP contribution in [0.15, 0.2) is 42.5 Å². The van der Waals surface area contributed by atoms with Gasteiger partial charge >= 0.3 is 0 Å². The molecule has 0 fully saturated rings. The SMILES string of the molecule is CNC(=O)c1ccc(CN(C)CC(=O)NC(C)c2ccc3c(c2)CCCC3)cc1. The van der Waals surface area contributed by atoms with Gasteiger partial charge in [0.15, 0.2) is 0 Å². The molecule has 0 bridgehead atoms. The summed E-state index contributed by atoms with van der Waals surface area (Å²) in [4.78, 5) is 26.1. The van der Waals surface area contributed by atoms with Crippen molar-refractivity contribution in [2.45, 2.75) is 45.2 Å². The van der Waals surface area contributed by atoms with Crippen LogP contribution in [0.2, 0.25) is 0 Å². The van der Waals surface area contributed by atoms with Crippen molar-refractivity contribution in [2.24, 2.45) is 0 Å². The molecule has 5 nitrogen and oxygen atoms in total. The van der Waals surface area contributed by atoms with Gasteiger partial charge in [0.1, 0.15) is 0 Å². The minimum Gasteiger partial charge on any atom is -0.355 e. The molecule has 1 aliphatic rings. The summed E-state index contributed by atoms with van der Waals surface area (Å²) in [6.45, 7) is 3.01. The van der Waals surface area contributed by atoms with E-state index in [-0.39, 0.29) is 17.9 Å². The zero-order valence-corrected chi connectivity index (χ0v) is 17.6. The maximum absolute atomic E-state index is 12.5. The molecule has 5 heteroatoms. The number of hydrogen-bond acceptors (Lipinski definition) is 3. The van der Waals surface area contributed by atoms with Crippen molar-refractivity contribution in [3.8, 4) is 0 Å². The quantitative estimate of drug-likeness (QED) is 0.759. The Morgan fingerprint density at radius 1 is 1.03 bits per heavy atom. The molecule has 0 heterocycles. The van der Waals surface area contributed by atoms with Gasteiger partial charge in [-0.05, 0) is 74.0 Å². The second-order valence-corrected chi connectivity index (χ2v) is 7.97. The molecular formula is C24H31N3O2. The van der Waals surface area contributed by atoms with Crippen LogP contribution in [0.25, 0.3) is 0 Å². The minimum absolute atomic E-state index is 0.00466. The number of hydrogen-bond donors (Lipinski definition) is 2. The van der Waals surface area contributed by atoms with E-state index in [1.165, 1.54) is 36.0 Å². The molecule has 1 aliphatic carbocycles. The van der Waals surface area contributed by atoms with Crippen molar-refractivity contribution in [3.63, 3.8) is 0 Å². The van der Waals surface area contributed by atoms with E-state index in [4.69, 9.17) is 0 Å². The van der Waals surface area contributed by atoms with Gasteiger partial charge < -0.3 is 10.6 Å². The van der Waals surface area contributed by atoms with Gasteiger partial charge in [-0.2, -0.15) is 0 Å². The zero-order valence-electron chi connectivity index (χ0n) is 17.6. The number of fused-ring (bicyclic) bond motifs is 1. The highest BCUT2D eigenvalue weighted by molar-refractivity contribution is 5.93. The molecule has 3 rings (SSSR count). The maximum Gasteiger partial charge on any atom is 0.251 e. The Kier molecular flexibility index (Phi) is 7.04. The number of nitrogens with one attached hydrogen (secondary N) is 2. The molecule has 0 aromatic heterocycles. The summed E-state index contributed by atoms with van der Waals surface area (Å²) < 4.78 is 0. The van der Waals surface area contributed by atoms with Crippen molar-refractivity contribution in [2.75, 3.05) is 20.6 Å². The molecule has 0 saturated carbocycles. The summed E-state index contributed by atoms with van der Waals surface area (Å²) in [6.07, 6.45) is 4.85. The van der Waals surface area contributed by atoms with Crippen molar-refractivity contribution in [1.29, 1.82) is 0 Å². The second-order valence-electron chi connectivity index (χ2n) is 7.97. The third kappa shape index (κ3) is 5.67. The monoisotopic (exact) mass is 393 g/mol. The molecule has 0 spiro atoms. The molecule has 1 atom stereocenters. The lowest BCUT2D eigenvalue weighted by atomic mass is 9.89. The summed E-state index contributed by atoms with van der Waals surface area (Å²) in [5, 5.41) is 5.73. The first-order chi connectivity index (χ1) is 14.0. The number of carbonyl (C=O) groups excluding carboxylic acids is 2. The van der Waals surface area contributed by atoms with E-state index >= 15 is 0 Å². The number of amides is 2. The highest BCUT2D eigenvalue weighted by Crippen LogP contribution is 2.24. The van der Waals surface area contributed by atoms with Gasteiger partial charge in [-0.1, -0.05) is 30.3 Å². The molecule has 2 aromatic rings. The minimum atomic E-state index is -0.0968. The molecule has 2 amide bonds. The van der Waals surface area contributed by atoms with Crippen LogP contribution < -0.4 is 10.6 Å². The van der Waals surface area contributed by atoms with E-state index in [1.807, 2.05) is 31.0 Å². The molecule has 0 aliphatic heterocycles. The van der Waals surface area contributed by atoms with Crippen LogP contribution in [0, 0.1) is 0 Å². The van der Waals surface area contributed by atoms with E-state index in [2.05, 4.69) is 28.8 Å². The summed E-state index contributed by atoms with van der Waals surface area (Å²) in [5.41, 5.74) is 5.77. The van der Waals surface area contributed by atoms with Crippen LogP contribution in [0.3, 0.4) is 0 Å². The number of carbonyl (C=O) groups is 2. The fourth-order valence-electron chi connectivity index (χ4n) is 3.91. The van der Waals surface area contributed by atoms with Gasteiger partial charge in [-0.25, -0.2) is 0 Å². The van der Waals surface area contributed by atoms with E-state index in [9.17, 15) is 9.59 Å². The van der Waals surface area contributed by atoms with E-state index in [0.29, 0.717) is 18.7 Å². The van der Waals surface area contributed by atoms with Gasteiger partial charge in [0.05, 0.1) is 12.6 Å². The highest BCUT2D eigenvalue weighted by Gasteiger charge is 2.15. The second kappa shape index (κ2) is 9.70. The highest BCUT2D eigenvalue weighted by atomic mass is 16.2. The summed E-state index contributed by atoms with van der Waals surface area (Å²) in [5.74, 6) is -0.0832. The van der Waals surface area contributed by atoms with Gasteiger partial charge in [-0.15, -0.1) is 0 Å². The Bertz CT molecular complexity index is 861.